The predicted molar refractivity (Wildman–Crippen MR) is 241 cm³/mol. The Labute approximate surface area is 390 Å². The summed E-state index contributed by atoms with van der Waals surface area (Å²) in [4.78, 5) is 54.5. The first-order valence-corrected chi connectivity index (χ1v) is 20.4. The lowest BCUT2D eigenvalue weighted by atomic mass is 9.99. The summed E-state index contributed by atoms with van der Waals surface area (Å²) in [6.45, 7) is 4.11. The summed E-state index contributed by atoms with van der Waals surface area (Å²) in [5, 5.41) is 8.73. The number of nitrogen functional groups attached to an aromatic ring is 2. The van der Waals surface area contributed by atoms with Crippen molar-refractivity contribution in [3.8, 4) is 11.5 Å². The van der Waals surface area contributed by atoms with Crippen LogP contribution in [0.4, 0.5) is 11.6 Å². The van der Waals surface area contributed by atoms with Gasteiger partial charge in [0.25, 0.3) is 17.7 Å². The largest absolute Gasteiger partial charge is 1.00 e. The number of likely N-dealkylation sites (tertiary alicyclic amines) is 1. The number of anilines is 2. The molecular weight excluding hydrogens is 894 g/mol. The van der Waals surface area contributed by atoms with Gasteiger partial charge in [-0.15, -0.1) is 24.8 Å². The van der Waals surface area contributed by atoms with Crippen LogP contribution in [0.15, 0.2) is 73.6 Å². The van der Waals surface area contributed by atoms with Crippen LogP contribution < -0.4 is 49.3 Å². The number of rotatable bonds is 20. The zero-order chi connectivity index (χ0) is 42.5. The summed E-state index contributed by atoms with van der Waals surface area (Å²) < 4.78 is 16.0. The predicted octanol–water partition coefficient (Wildman–Crippen LogP) is 0.974. The van der Waals surface area contributed by atoms with Gasteiger partial charge in [-0.3, -0.25) is 14.4 Å². The van der Waals surface area contributed by atoms with Crippen LogP contribution in [0.25, 0.3) is 0 Å². The molecule has 17 nitrogen and oxygen atoms in total. The van der Waals surface area contributed by atoms with E-state index in [0.717, 1.165) is 80.6 Å². The highest BCUT2D eigenvalue weighted by Crippen LogP contribution is 2.25. The Morgan fingerprint density at radius 2 is 1.27 bits per heavy atom. The minimum absolute atomic E-state index is 0. The maximum Gasteiger partial charge on any atom is 0.274 e. The van der Waals surface area contributed by atoms with E-state index in [9.17, 15) is 14.4 Å². The lowest BCUT2D eigenvalue weighted by Gasteiger charge is -2.45. The molecule has 63 heavy (non-hydrogen) atoms. The number of aryl methyl sites for hydroxylation is 4. The maximum absolute atomic E-state index is 13.3. The molecule has 4 heterocycles. The third-order valence-corrected chi connectivity index (χ3v) is 10.8. The molecule has 0 saturated carbocycles. The van der Waals surface area contributed by atoms with Crippen LogP contribution >= 0.6 is 36.4 Å². The number of amides is 3. The first kappa shape index (κ1) is 52.0. The van der Waals surface area contributed by atoms with Crippen molar-refractivity contribution in [2.75, 3.05) is 50.9 Å². The number of ether oxygens (including phenoxy) is 2. The molecule has 1 aliphatic rings. The molecule has 342 valence electrons. The first-order chi connectivity index (χ1) is 28.9. The number of nitrogens with zero attached hydrogens (tertiary/aromatic N) is 7. The number of nitrogens with one attached hydrogen (secondary N) is 3. The first-order valence-electron chi connectivity index (χ1n) is 20.1. The number of quaternary nitrogens is 1. The molecule has 1 aliphatic heterocycles. The van der Waals surface area contributed by atoms with Gasteiger partial charge in [0.1, 0.15) is 11.5 Å². The number of imidazole rings is 2. The molecule has 1 atom stereocenters. The van der Waals surface area contributed by atoms with Crippen molar-refractivity contribution in [3.63, 3.8) is 0 Å². The highest BCUT2D eigenvalue weighted by atomic mass is 35.5. The number of hydrogen-bond acceptors (Lipinski definition) is 11. The normalized spacial score (nSPS) is 13.9. The Hall–Kier alpha value is -5.33. The fourth-order valence-corrected chi connectivity index (χ4v) is 7.58. The number of aromatic nitrogens is 6. The number of halogens is 4. The number of carbonyl (C=O) groups excluding carboxylic acids is 3. The van der Waals surface area contributed by atoms with Gasteiger partial charge in [0.2, 0.25) is 0 Å². The fraction of sp³-hybridized carbons (Fsp3) is 0.405. The Kier molecular flexibility index (Phi) is 20.7. The molecule has 3 amide bonds. The molecule has 3 aromatic heterocycles. The SMILES string of the molecule is Cl.Cl.Cn1cnc(CNC(=O)COc2ccc(CCC[N+]3(CCCc4ccc(OCC(=O)NCc5cn(C)cn5)cc4)CCC[C@H](NC(=O)c4nc(Cl)c(N)nc4N)C3)cc2)c1.[Cl-]. The average molecular weight is 951 g/mol. The van der Waals surface area contributed by atoms with E-state index in [0.29, 0.717) is 24.6 Å². The highest BCUT2D eigenvalue weighted by molar-refractivity contribution is 6.31. The van der Waals surface area contributed by atoms with Crippen LogP contribution in [-0.4, -0.2) is 96.7 Å². The third kappa shape index (κ3) is 16.1. The quantitative estimate of drug-likeness (QED) is 0.0693. The number of nitrogens with two attached hydrogens (primary N) is 2. The smallest absolute Gasteiger partial charge is 0.274 e. The fourth-order valence-electron chi connectivity index (χ4n) is 7.46. The molecule has 0 bridgehead atoms. The highest BCUT2D eigenvalue weighted by Gasteiger charge is 2.35. The van der Waals surface area contributed by atoms with E-state index in [1.54, 1.807) is 12.7 Å². The van der Waals surface area contributed by atoms with E-state index in [-0.39, 0.29) is 90.8 Å². The Balaban J connectivity index is 0.00000352. The summed E-state index contributed by atoms with van der Waals surface area (Å²) in [7, 11) is 3.76. The van der Waals surface area contributed by atoms with Crippen LogP contribution in [0, 0.1) is 0 Å². The van der Waals surface area contributed by atoms with Crippen molar-refractivity contribution in [2.24, 2.45) is 14.1 Å². The second-order valence-corrected chi connectivity index (χ2v) is 15.7. The van der Waals surface area contributed by atoms with Crippen molar-refractivity contribution in [3.05, 3.63) is 107 Å². The molecule has 21 heteroatoms. The molecule has 7 N–H and O–H groups in total. The van der Waals surface area contributed by atoms with E-state index >= 15 is 0 Å². The third-order valence-electron chi connectivity index (χ3n) is 10.5. The summed E-state index contributed by atoms with van der Waals surface area (Å²) in [5.41, 5.74) is 15.6. The summed E-state index contributed by atoms with van der Waals surface area (Å²) >= 11 is 6.08. The molecule has 0 radical (unpaired) electrons. The lowest BCUT2D eigenvalue weighted by molar-refractivity contribution is -0.933. The van der Waals surface area contributed by atoms with Gasteiger partial charge in [-0.05, 0) is 61.1 Å². The topological polar surface area (TPSA) is 219 Å². The summed E-state index contributed by atoms with van der Waals surface area (Å²) in [6, 6.07) is 15.6. The number of carbonyl (C=O) groups is 3. The molecule has 0 spiro atoms. The van der Waals surface area contributed by atoms with E-state index in [1.165, 1.54) is 11.1 Å². The van der Waals surface area contributed by atoms with Gasteiger partial charge >= 0.3 is 0 Å². The molecule has 5 aromatic rings. The van der Waals surface area contributed by atoms with E-state index in [4.69, 9.17) is 32.5 Å². The van der Waals surface area contributed by atoms with E-state index < -0.39 is 5.91 Å². The molecule has 6 rings (SSSR count). The minimum atomic E-state index is -0.423. The Bertz CT molecular complexity index is 2110. The zero-order valence-electron chi connectivity index (χ0n) is 35.3. The Morgan fingerprint density at radius 1 is 0.778 bits per heavy atom. The monoisotopic (exact) mass is 948 g/mol. The molecule has 0 aliphatic carbocycles. The van der Waals surface area contributed by atoms with Gasteiger partial charge in [0.05, 0.1) is 69.4 Å². The summed E-state index contributed by atoms with van der Waals surface area (Å²) in [5.74, 6) is 0.300. The number of hydrogen-bond donors (Lipinski definition) is 5. The molecular formula is C42H56Cl4N12O5. The van der Waals surface area contributed by atoms with Crippen molar-refractivity contribution in [1.82, 2.24) is 45.0 Å². The van der Waals surface area contributed by atoms with Gasteiger partial charge in [-0.2, -0.15) is 0 Å². The minimum Gasteiger partial charge on any atom is -1.00 e. The Morgan fingerprint density at radius 3 is 1.73 bits per heavy atom. The van der Waals surface area contributed by atoms with Gasteiger partial charge in [0, 0.05) is 39.3 Å². The lowest BCUT2D eigenvalue weighted by Crippen LogP contribution is -3.00. The van der Waals surface area contributed by atoms with Gasteiger partial charge in [-0.1, -0.05) is 35.9 Å². The summed E-state index contributed by atoms with van der Waals surface area (Å²) in [6.07, 6.45) is 12.4. The van der Waals surface area contributed by atoms with Crippen molar-refractivity contribution in [1.29, 1.82) is 0 Å². The van der Waals surface area contributed by atoms with E-state index in [2.05, 4.69) is 35.9 Å². The van der Waals surface area contributed by atoms with Crippen LogP contribution in [0.5, 0.6) is 11.5 Å². The molecule has 1 saturated heterocycles. The van der Waals surface area contributed by atoms with Crippen molar-refractivity contribution < 1.29 is 40.7 Å². The molecule has 0 unspecified atom stereocenters. The average Bonchev–Trinajstić information content (AvgIpc) is 3.86. The second kappa shape index (κ2) is 25.1. The van der Waals surface area contributed by atoms with Gasteiger partial charge in [-0.25, -0.2) is 19.9 Å². The second-order valence-electron chi connectivity index (χ2n) is 15.3. The number of piperidine rings is 1. The van der Waals surface area contributed by atoms with Crippen LogP contribution in [0.2, 0.25) is 5.15 Å². The number of benzene rings is 2. The van der Waals surface area contributed by atoms with Gasteiger partial charge < -0.3 is 62.9 Å². The molecule has 1 fully saturated rings. The van der Waals surface area contributed by atoms with Crippen LogP contribution in [0.3, 0.4) is 0 Å². The maximum atomic E-state index is 13.3. The van der Waals surface area contributed by atoms with Crippen LogP contribution in [-0.2, 0) is 49.6 Å². The molecule has 2 aromatic carbocycles. The van der Waals surface area contributed by atoms with Gasteiger partial charge in [0.15, 0.2) is 35.7 Å². The van der Waals surface area contributed by atoms with Crippen LogP contribution in [0.1, 0.15) is 58.7 Å². The standard InChI is InChI=1S/C42H53ClN12O5.3ClH/c1-53-22-32(48-27-53)20-46-36(56)25-59-34-13-9-29(10-14-34)6-3-17-55(19-5-8-31(24-55)50-42(58)38-40(44)52-41(45)39(43)51-38)18-4-7-30-11-15-35(16-12-30)60-26-37(57)47-21-33-23-54(2)28-49-33;;;/h9-16,22-23,27-28,31H,3-8,17-21,24-26H2,1-2H3,(H6-,44,45,46,47,50,52,56,57,58);3*1H/t31-;;;/m0.../s1. The van der Waals surface area contributed by atoms with E-state index in [1.807, 2.05) is 84.2 Å². The van der Waals surface area contributed by atoms with Crippen molar-refractivity contribution >= 4 is 65.8 Å². The zero-order valence-corrected chi connectivity index (χ0v) is 38.4. The van der Waals surface area contributed by atoms with Crippen molar-refractivity contribution in [2.45, 2.75) is 57.7 Å².